The molecule has 1 unspecified atom stereocenters. The fourth-order valence-corrected chi connectivity index (χ4v) is 3.19. The van der Waals surface area contributed by atoms with Crippen LogP contribution in [0.3, 0.4) is 0 Å². The summed E-state index contributed by atoms with van der Waals surface area (Å²) in [7, 11) is 0. The van der Waals surface area contributed by atoms with Gasteiger partial charge in [-0.05, 0) is 29.6 Å². The topological polar surface area (TPSA) is 66.8 Å². The van der Waals surface area contributed by atoms with E-state index >= 15 is 0 Å². The van der Waals surface area contributed by atoms with Crippen molar-refractivity contribution in [2.45, 2.75) is 18.7 Å². The summed E-state index contributed by atoms with van der Waals surface area (Å²) in [5, 5.41) is 10.9. The SMILES string of the molecule is O=C(c1cccc(OCc2cccs2)c1)N1CCC(F)(C(=O)O)C1. The van der Waals surface area contributed by atoms with Crippen LogP contribution in [0.15, 0.2) is 41.8 Å². The van der Waals surface area contributed by atoms with Gasteiger partial charge >= 0.3 is 5.97 Å². The van der Waals surface area contributed by atoms with Crippen molar-refractivity contribution in [3.8, 4) is 5.75 Å². The van der Waals surface area contributed by atoms with Crippen LogP contribution < -0.4 is 4.74 Å². The molecule has 0 spiro atoms. The summed E-state index contributed by atoms with van der Waals surface area (Å²) in [4.78, 5) is 25.7. The van der Waals surface area contributed by atoms with Gasteiger partial charge in [0.05, 0.1) is 6.54 Å². The molecular weight excluding hydrogens is 333 g/mol. The Labute approximate surface area is 142 Å². The lowest BCUT2D eigenvalue weighted by molar-refractivity contribution is -0.149. The lowest BCUT2D eigenvalue weighted by atomic mass is 10.1. The molecular formula is C17H16FNO4S. The van der Waals surface area contributed by atoms with Gasteiger partial charge in [-0.25, -0.2) is 9.18 Å². The standard InChI is InChI=1S/C17H16FNO4S/c18-17(16(21)22)6-7-19(11-17)15(20)12-3-1-4-13(9-12)23-10-14-5-2-8-24-14/h1-5,8-9H,6-7,10-11H2,(H,21,22). The zero-order chi connectivity index (χ0) is 17.2. The van der Waals surface area contributed by atoms with Crippen LogP contribution in [0.1, 0.15) is 21.7 Å². The van der Waals surface area contributed by atoms with Crippen molar-refractivity contribution in [1.29, 1.82) is 0 Å². The second-order valence-corrected chi connectivity index (χ2v) is 6.68. The average molecular weight is 349 g/mol. The number of thiophene rings is 1. The minimum atomic E-state index is -2.36. The maximum Gasteiger partial charge on any atom is 0.343 e. The highest BCUT2D eigenvalue weighted by Gasteiger charge is 2.46. The number of likely N-dealkylation sites (tertiary alicyclic amines) is 1. The van der Waals surface area contributed by atoms with Crippen LogP contribution in [0, 0.1) is 0 Å². The number of carboxylic acid groups (broad SMARTS) is 1. The van der Waals surface area contributed by atoms with Crippen molar-refractivity contribution in [3.63, 3.8) is 0 Å². The van der Waals surface area contributed by atoms with Crippen LogP contribution >= 0.6 is 11.3 Å². The Balaban J connectivity index is 1.67. The van der Waals surface area contributed by atoms with E-state index in [2.05, 4.69) is 0 Å². The number of ether oxygens (including phenoxy) is 1. The zero-order valence-electron chi connectivity index (χ0n) is 12.8. The number of alkyl halides is 1. The molecule has 1 aromatic carbocycles. The van der Waals surface area contributed by atoms with Crippen LogP contribution in [0.4, 0.5) is 4.39 Å². The van der Waals surface area contributed by atoms with E-state index in [4.69, 9.17) is 9.84 Å². The molecule has 0 aliphatic carbocycles. The van der Waals surface area contributed by atoms with Gasteiger partial charge in [-0.3, -0.25) is 4.79 Å². The van der Waals surface area contributed by atoms with Crippen LogP contribution in [-0.4, -0.2) is 40.6 Å². The van der Waals surface area contributed by atoms with Crippen LogP contribution in [-0.2, 0) is 11.4 Å². The Kier molecular flexibility index (Phi) is 4.53. The van der Waals surface area contributed by atoms with Gasteiger partial charge in [-0.2, -0.15) is 0 Å². The van der Waals surface area contributed by atoms with E-state index in [1.165, 1.54) is 4.90 Å². The molecule has 0 saturated carbocycles. The maximum absolute atomic E-state index is 14.1. The zero-order valence-corrected chi connectivity index (χ0v) is 13.6. The second kappa shape index (κ2) is 6.60. The number of carboxylic acids is 1. The summed E-state index contributed by atoms with van der Waals surface area (Å²) in [5.41, 5.74) is -2.00. The van der Waals surface area contributed by atoms with Gasteiger partial charge in [0, 0.05) is 23.4 Å². The molecule has 0 bridgehead atoms. The number of carbonyl (C=O) groups excluding carboxylic acids is 1. The third kappa shape index (κ3) is 3.41. The number of halogens is 1. The number of hydrogen-bond acceptors (Lipinski definition) is 4. The molecule has 1 fully saturated rings. The Morgan fingerprint density at radius 1 is 1.33 bits per heavy atom. The third-order valence-corrected chi connectivity index (χ3v) is 4.78. The number of amides is 1. The van der Waals surface area contributed by atoms with Gasteiger partial charge in [-0.15, -0.1) is 11.3 Å². The van der Waals surface area contributed by atoms with E-state index in [9.17, 15) is 14.0 Å². The van der Waals surface area contributed by atoms with Gasteiger partial charge in [-0.1, -0.05) is 12.1 Å². The van der Waals surface area contributed by atoms with Gasteiger partial charge in [0.2, 0.25) is 5.67 Å². The predicted octanol–water partition coefficient (Wildman–Crippen LogP) is 2.97. The first-order valence-corrected chi connectivity index (χ1v) is 8.33. The molecule has 2 aromatic rings. The van der Waals surface area contributed by atoms with Crippen LogP contribution in [0.25, 0.3) is 0 Å². The van der Waals surface area contributed by atoms with Crippen molar-refractivity contribution in [3.05, 3.63) is 52.2 Å². The van der Waals surface area contributed by atoms with Crippen molar-refractivity contribution in [2.75, 3.05) is 13.1 Å². The normalized spacial score (nSPS) is 20.1. The maximum atomic E-state index is 14.1. The summed E-state index contributed by atoms with van der Waals surface area (Å²) in [6, 6.07) is 10.5. The summed E-state index contributed by atoms with van der Waals surface area (Å²) in [5.74, 6) is -1.37. The largest absolute Gasteiger partial charge is 0.488 e. The first kappa shape index (κ1) is 16.4. The van der Waals surface area contributed by atoms with Crippen LogP contribution in [0.5, 0.6) is 5.75 Å². The number of rotatable bonds is 5. The Hall–Kier alpha value is -2.41. The molecule has 2 heterocycles. The fourth-order valence-electron chi connectivity index (χ4n) is 2.57. The third-order valence-electron chi connectivity index (χ3n) is 3.93. The molecule has 3 rings (SSSR count). The number of hydrogen-bond donors (Lipinski definition) is 1. The molecule has 1 N–H and O–H groups in total. The molecule has 1 aliphatic rings. The summed E-state index contributed by atoms with van der Waals surface area (Å²) in [6.45, 7) is 0.0645. The van der Waals surface area contributed by atoms with E-state index in [1.807, 2.05) is 17.5 Å². The van der Waals surface area contributed by atoms with E-state index in [0.29, 0.717) is 17.9 Å². The molecule has 5 nitrogen and oxygen atoms in total. The minimum Gasteiger partial charge on any atom is -0.488 e. The minimum absolute atomic E-state index is 0.0852. The lowest BCUT2D eigenvalue weighted by Crippen LogP contribution is -2.38. The summed E-state index contributed by atoms with van der Waals surface area (Å²) in [6.07, 6.45) is -0.192. The summed E-state index contributed by atoms with van der Waals surface area (Å²) < 4.78 is 19.8. The van der Waals surface area contributed by atoms with Gasteiger partial charge in [0.1, 0.15) is 12.4 Å². The van der Waals surface area contributed by atoms with Crippen molar-refractivity contribution >= 4 is 23.2 Å². The molecule has 126 valence electrons. The number of carbonyl (C=O) groups is 2. The van der Waals surface area contributed by atoms with E-state index in [-0.39, 0.29) is 13.0 Å². The highest BCUT2D eigenvalue weighted by molar-refractivity contribution is 7.09. The quantitative estimate of drug-likeness (QED) is 0.901. The molecule has 24 heavy (non-hydrogen) atoms. The second-order valence-electron chi connectivity index (χ2n) is 5.64. The first-order chi connectivity index (χ1) is 11.5. The number of aliphatic carboxylic acids is 1. The monoisotopic (exact) mass is 349 g/mol. The molecule has 7 heteroatoms. The molecule has 1 atom stereocenters. The average Bonchev–Trinajstić information content (AvgIpc) is 3.23. The number of benzene rings is 1. The first-order valence-electron chi connectivity index (χ1n) is 7.45. The van der Waals surface area contributed by atoms with Gasteiger partial charge in [0.15, 0.2) is 0 Å². The Morgan fingerprint density at radius 3 is 2.83 bits per heavy atom. The van der Waals surface area contributed by atoms with Gasteiger partial charge in [0.25, 0.3) is 5.91 Å². The Bertz CT molecular complexity index is 749. The molecule has 1 saturated heterocycles. The van der Waals surface area contributed by atoms with Crippen molar-refractivity contribution < 1.29 is 23.8 Å². The predicted molar refractivity (Wildman–Crippen MR) is 87.1 cm³/mol. The van der Waals surface area contributed by atoms with Crippen LogP contribution in [0.2, 0.25) is 0 Å². The summed E-state index contributed by atoms with van der Waals surface area (Å²) >= 11 is 1.58. The van der Waals surface area contributed by atoms with Crippen molar-refractivity contribution in [1.82, 2.24) is 4.90 Å². The Morgan fingerprint density at radius 2 is 2.17 bits per heavy atom. The van der Waals surface area contributed by atoms with E-state index in [1.54, 1.807) is 35.6 Å². The van der Waals surface area contributed by atoms with Crippen molar-refractivity contribution in [2.24, 2.45) is 0 Å². The smallest absolute Gasteiger partial charge is 0.343 e. The molecule has 1 aliphatic heterocycles. The lowest BCUT2D eigenvalue weighted by Gasteiger charge is -2.18. The number of nitrogens with zero attached hydrogens (tertiary/aromatic N) is 1. The fraction of sp³-hybridized carbons (Fsp3) is 0.294. The molecule has 0 radical (unpaired) electrons. The van der Waals surface area contributed by atoms with E-state index < -0.39 is 24.1 Å². The van der Waals surface area contributed by atoms with E-state index in [0.717, 1.165) is 4.88 Å². The highest BCUT2D eigenvalue weighted by Crippen LogP contribution is 2.28. The molecule has 1 amide bonds. The highest BCUT2D eigenvalue weighted by atomic mass is 32.1. The van der Waals surface area contributed by atoms with Gasteiger partial charge < -0.3 is 14.7 Å². The molecule has 1 aromatic heterocycles.